The van der Waals surface area contributed by atoms with Crippen LogP contribution < -0.4 is 20.3 Å². The second-order valence-electron chi connectivity index (χ2n) is 6.47. The zero-order valence-corrected chi connectivity index (χ0v) is 17.8. The summed E-state index contributed by atoms with van der Waals surface area (Å²) in [6, 6.07) is 9.86. The Labute approximate surface area is 177 Å². The molecule has 2 N–H and O–H groups in total. The highest BCUT2D eigenvalue weighted by Crippen LogP contribution is 2.26. The number of nitrogens with one attached hydrogen (secondary N) is 2. The van der Waals surface area contributed by atoms with Gasteiger partial charge in [0.05, 0.1) is 17.3 Å². The molecule has 1 aliphatic heterocycles. The number of rotatable bonds is 4. The fourth-order valence-electron chi connectivity index (χ4n) is 3.12. The number of methoxy groups -OCH3 is 1. The molecule has 1 saturated heterocycles. The molecule has 0 atom stereocenters. The first-order valence-electron chi connectivity index (χ1n) is 8.98. The topological polar surface area (TPSA) is 53.6 Å². The summed E-state index contributed by atoms with van der Waals surface area (Å²) >= 11 is 8.53. The largest absolute Gasteiger partial charge is 0.496 e. The Hall–Kier alpha value is -2.19. The van der Waals surface area contributed by atoms with Crippen LogP contribution in [0, 0.1) is 5.82 Å². The lowest BCUT2D eigenvalue weighted by molar-refractivity contribution is 0.0977. The van der Waals surface area contributed by atoms with Gasteiger partial charge in [0.1, 0.15) is 11.6 Å². The lowest BCUT2D eigenvalue weighted by Gasteiger charge is -2.29. The number of benzene rings is 2. The average Bonchev–Trinajstić information content (AvgIpc) is 2.68. The van der Waals surface area contributed by atoms with Gasteiger partial charge in [0.25, 0.3) is 5.91 Å². The number of halogens is 2. The highest BCUT2D eigenvalue weighted by atomic mass is 79.9. The molecule has 0 radical (unpaired) electrons. The third kappa shape index (κ3) is 4.99. The van der Waals surface area contributed by atoms with E-state index in [-0.39, 0.29) is 16.8 Å². The first-order chi connectivity index (χ1) is 13.5. The highest BCUT2D eigenvalue weighted by Gasteiger charge is 2.16. The van der Waals surface area contributed by atoms with Crippen molar-refractivity contribution >= 4 is 50.5 Å². The normalized spacial score (nSPS) is 13.8. The standard InChI is InChI=1S/C20H21BrFN3O2S/c1-27-18-8-5-13(11-15(18)21)19(26)24-20(28)23-14-6-7-17(16(22)12-14)25-9-3-2-4-10-25/h5-8,11-12H,2-4,9-10H2,1H3,(H2,23,24,26,28). The number of hydrogen-bond acceptors (Lipinski definition) is 4. The monoisotopic (exact) mass is 465 g/mol. The van der Waals surface area contributed by atoms with Crippen LogP contribution in [0.5, 0.6) is 5.75 Å². The number of nitrogens with zero attached hydrogens (tertiary/aromatic N) is 1. The molecule has 2 aromatic rings. The van der Waals surface area contributed by atoms with Crippen LogP contribution in [0.15, 0.2) is 40.9 Å². The van der Waals surface area contributed by atoms with Crippen LogP contribution in [0.2, 0.25) is 0 Å². The van der Waals surface area contributed by atoms with Crippen molar-refractivity contribution in [2.45, 2.75) is 19.3 Å². The number of piperidine rings is 1. The van der Waals surface area contributed by atoms with Gasteiger partial charge in [0.2, 0.25) is 0 Å². The van der Waals surface area contributed by atoms with Gasteiger partial charge in [-0.1, -0.05) is 0 Å². The number of carbonyl (C=O) groups excluding carboxylic acids is 1. The van der Waals surface area contributed by atoms with Gasteiger partial charge >= 0.3 is 0 Å². The summed E-state index contributed by atoms with van der Waals surface area (Å²) in [7, 11) is 1.55. The highest BCUT2D eigenvalue weighted by molar-refractivity contribution is 9.10. The maximum absolute atomic E-state index is 14.5. The summed E-state index contributed by atoms with van der Waals surface area (Å²) in [5.41, 5.74) is 1.51. The Balaban J connectivity index is 1.62. The molecule has 0 aliphatic carbocycles. The summed E-state index contributed by atoms with van der Waals surface area (Å²) in [4.78, 5) is 14.4. The van der Waals surface area contributed by atoms with Crippen molar-refractivity contribution in [3.8, 4) is 5.75 Å². The molecule has 28 heavy (non-hydrogen) atoms. The summed E-state index contributed by atoms with van der Waals surface area (Å²) in [5.74, 6) is -0.0482. The van der Waals surface area contributed by atoms with Crippen LogP contribution in [0.4, 0.5) is 15.8 Å². The lowest BCUT2D eigenvalue weighted by atomic mass is 10.1. The Morgan fingerprint density at radius 1 is 1.18 bits per heavy atom. The van der Waals surface area contributed by atoms with E-state index < -0.39 is 0 Å². The molecule has 1 heterocycles. The quantitative estimate of drug-likeness (QED) is 0.640. The van der Waals surface area contributed by atoms with E-state index in [0.29, 0.717) is 27.2 Å². The van der Waals surface area contributed by atoms with Crippen LogP contribution in [-0.2, 0) is 0 Å². The van der Waals surface area contributed by atoms with Crippen molar-refractivity contribution in [2.75, 3.05) is 30.4 Å². The number of anilines is 2. The van der Waals surface area contributed by atoms with Crippen LogP contribution in [0.25, 0.3) is 0 Å². The Morgan fingerprint density at radius 2 is 1.93 bits per heavy atom. The van der Waals surface area contributed by atoms with E-state index in [1.54, 1.807) is 37.4 Å². The van der Waals surface area contributed by atoms with Gasteiger partial charge in [0, 0.05) is 24.3 Å². The Morgan fingerprint density at radius 3 is 2.57 bits per heavy atom. The number of ether oxygens (including phenoxy) is 1. The van der Waals surface area contributed by atoms with E-state index in [1.807, 2.05) is 0 Å². The number of carbonyl (C=O) groups is 1. The first kappa shape index (κ1) is 20.5. The van der Waals surface area contributed by atoms with Crippen molar-refractivity contribution in [3.63, 3.8) is 0 Å². The van der Waals surface area contributed by atoms with Crippen LogP contribution in [-0.4, -0.2) is 31.2 Å². The molecule has 1 aliphatic rings. The summed E-state index contributed by atoms with van der Waals surface area (Å²) < 4.78 is 20.3. The summed E-state index contributed by atoms with van der Waals surface area (Å²) in [6.07, 6.45) is 3.35. The van der Waals surface area contributed by atoms with Crippen LogP contribution >= 0.6 is 28.1 Å². The van der Waals surface area contributed by atoms with Crippen LogP contribution in [0.3, 0.4) is 0 Å². The third-order valence-corrected chi connectivity index (χ3v) is 5.37. The minimum Gasteiger partial charge on any atom is -0.496 e. The fraction of sp³-hybridized carbons (Fsp3) is 0.300. The minimum atomic E-state index is -0.369. The molecular weight excluding hydrogens is 445 g/mol. The second-order valence-corrected chi connectivity index (χ2v) is 7.73. The SMILES string of the molecule is COc1ccc(C(=O)NC(=S)Nc2ccc(N3CCCCC3)c(F)c2)cc1Br. The fourth-order valence-corrected chi connectivity index (χ4v) is 3.87. The average molecular weight is 466 g/mol. The van der Waals surface area contributed by atoms with E-state index in [2.05, 4.69) is 31.5 Å². The predicted molar refractivity (Wildman–Crippen MR) is 117 cm³/mol. The molecule has 0 aromatic heterocycles. The van der Waals surface area contributed by atoms with Gasteiger partial charge in [-0.05, 0) is 83.8 Å². The van der Waals surface area contributed by atoms with Crippen molar-refractivity contribution in [1.29, 1.82) is 0 Å². The molecule has 0 saturated carbocycles. The van der Waals surface area contributed by atoms with Gasteiger partial charge in [-0.25, -0.2) is 4.39 Å². The smallest absolute Gasteiger partial charge is 0.257 e. The molecule has 0 unspecified atom stereocenters. The maximum atomic E-state index is 14.5. The molecule has 1 fully saturated rings. The molecule has 148 valence electrons. The zero-order chi connectivity index (χ0) is 20.1. The number of amides is 1. The molecule has 0 bridgehead atoms. The van der Waals surface area contributed by atoms with E-state index in [0.717, 1.165) is 25.9 Å². The Bertz CT molecular complexity index is 888. The Kier molecular flexibility index (Phi) is 6.85. The van der Waals surface area contributed by atoms with Gasteiger partial charge in [-0.2, -0.15) is 0 Å². The molecule has 1 amide bonds. The van der Waals surface area contributed by atoms with Gasteiger partial charge < -0.3 is 15.0 Å². The summed E-state index contributed by atoms with van der Waals surface area (Å²) in [6.45, 7) is 1.74. The molecule has 0 spiro atoms. The molecule has 2 aromatic carbocycles. The number of hydrogen-bond donors (Lipinski definition) is 2. The molecule has 5 nitrogen and oxygen atoms in total. The van der Waals surface area contributed by atoms with E-state index in [9.17, 15) is 9.18 Å². The van der Waals surface area contributed by atoms with Crippen molar-refractivity contribution in [2.24, 2.45) is 0 Å². The van der Waals surface area contributed by atoms with Gasteiger partial charge in [-0.15, -0.1) is 0 Å². The second kappa shape index (κ2) is 9.34. The maximum Gasteiger partial charge on any atom is 0.257 e. The van der Waals surface area contributed by atoms with E-state index in [4.69, 9.17) is 17.0 Å². The zero-order valence-electron chi connectivity index (χ0n) is 15.4. The number of thiocarbonyl (C=S) groups is 1. The first-order valence-corrected chi connectivity index (χ1v) is 10.2. The van der Waals surface area contributed by atoms with E-state index in [1.165, 1.54) is 12.5 Å². The molecule has 3 rings (SSSR count). The van der Waals surface area contributed by atoms with Crippen molar-refractivity contribution in [3.05, 3.63) is 52.3 Å². The molecule has 8 heteroatoms. The van der Waals surface area contributed by atoms with Crippen LogP contribution in [0.1, 0.15) is 29.6 Å². The van der Waals surface area contributed by atoms with E-state index >= 15 is 0 Å². The van der Waals surface area contributed by atoms with Crippen molar-refractivity contribution < 1.29 is 13.9 Å². The van der Waals surface area contributed by atoms with Gasteiger partial charge in [0.15, 0.2) is 5.11 Å². The third-order valence-electron chi connectivity index (χ3n) is 4.54. The van der Waals surface area contributed by atoms with Gasteiger partial charge in [-0.3, -0.25) is 10.1 Å². The molecular formula is C20H21BrFN3O2S. The lowest BCUT2D eigenvalue weighted by Crippen LogP contribution is -2.34. The predicted octanol–water partition coefficient (Wildman–Crippen LogP) is 4.71. The summed E-state index contributed by atoms with van der Waals surface area (Å²) in [5, 5.41) is 5.55. The van der Waals surface area contributed by atoms with Crippen molar-refractivity contribution in [1.82, 2.24) is 5.32 Å². The minimum absolute atomic E-state index is 0.0991.